The van der Waals surface area contributed by atoms with Crippen molar-refractivity contribution in [2.45, 2.75) is 75.7 Å². The summed E-state index contributed by atoms with van der Waals surface area (Å²) in [4.78, 5) is 2.73. The highest BCUT2D eigenvalue weighted by molar-refractivity contribution is 7.88. The minimum absolute atomic E-state index is 0. The molecule has 3 aliphatic carbocycles. The fourth-order valence-corrected chi connectivity index (χ4v) is 8.09. The Balaban J connectivity index is 0.00000231. The van der Waals surface area contributed by atoms with Gasteiger partial charge in [-0.05, 0) is 85.9 Å². The van der Waals surface area contributed by atoms with Gasteiger partial charge in [0.1, 0.15) is 0 Å². The minimum Gasteiger partial charge on any atom is -0.303 e. The fourth-order valence-electron chi connectivity index (χ4n) is 7.37. The van der Waals surface area contributed by atoms with Gasteiger partial charge in [0.15, 0.2) is 0 Å². The van der Waals surface area contributed by atoms with Gasteiger partial charge in [0.2, 0.25) is 10.0 Å². The van der Waals surface area contributed by atoms with Crippen LogP contribution >= 0.6 is 0 Å². The third-order valence-corrected chi connectivity index (χ3v) is 9.44. The molecule has 1 saturated heterocycles. The third-order valence-electron chi connectivity index (χ3n) is 8.73. The van der Waals surface area contributed by atoms with Crippen molar-refractivity contribution in [2.75, 3.05) is 25.9 Å². The molecule has 0 unspecified atom stereocenters. The van der Waals surface area contributed by atoms with E-state index in [9.17, 15) is 8.42 Å². The van der Waals surface area contributed by atoms with Crippen LogP contribution in [-0.2, 0) is 15.4 Å². The fraction of sp³-hybridized carbons (Fsp3) is 0.760. The van der Waals surface area contributed by atoms with Crippen molar-refractivity contribution >= 4 is 10.0 Å². The van der Waals surface area contributed by atoms with Crippen LogP contribution in [-0.4, -0.2) is 39.2 Å². The van der Waals surface area contributed by atoms with Gasteiger partial charge in [-0.1, -0.05) is 49.9 Å². The highest BCUT2D eigenvalue weighted by Gasteiger charge is 2.46. The van der Waals surface area contributed by atoms with Crippen molar-refractivity contribution < 1.29 is 9.84 Å². The number of hydrogen-bond donors (Lipinski definition) is 1. The second-order valence-corrected chi connectivity index (χ2v) is 12.7. The molecule has 5 rings (SSSR count). The molecule has 0 radical (unpaired) electrons. The average molecular weight is 433 g/mol. The van der Waals surface area contributed by atoms with Gasteiger partial charge < -0.3 is 4.90 Å². The molecule has 2 bridgehead atoms. The lowest BCUT2D eigenvalue weighted by molar-refractivity contribution is 0.127. The quantitative estimate of drug-likeness (QED) is 0.739. The van der Waals surface area contributed by atoms with Gasteiger partial charge in [0.25, 0.3) is 0 Å². The molecular formula is C25H40N2O2S. The summed E-state index contributed by atoms with van der Waals surface area (Å²) in [6.07, 6.45) is 14.8. The maximum Gasteiger partial charge on any atom is 0.209 e. The number of rotatable bonds is 4. The number of sulfonamides is 1. The second kappa shape index (κ2) is 8.22. The van der Waals surface area contributed by atoms with Gasteiger partial charge in [-0.3, -0.25) is 0 Å². The third kappa shape index (κ3) is 4.35. The van der Waals surface area contributed by atoms with Crippen LogP contribution < -0.4 is 4.72 Å². The summed E-state index contributed by atoms with van der Waals surface area (Å²) in [5.41, 5.74) is 2.75. The molecule has 1 heterocycles. The molecule has 3 fully saturated rings. The number of piperidine rings is 1. The van der Waals surface area contributed by atoms with Crippen LogP contribution in [0.5, 0.6) is 0 Å². The predicted molar refractivity (Wildman–Crippen MR) is 124 cm³/mol. The Morgan fingerprint density at radius 2 is 1.83 bits per heavy atom. The van der Waals surface area contributed by atoms with E-state index < -0.39 is 10.0 Å². The molecule has 0 aromatic heterocycles. The molecule has 1 aliphatic heterocycles. The van der Waals surface area contributed by atoms with Crippen LogP contribution in [0, 0.1) is 17.8 Å². The molecule has 4 atom stereocenters. The first-order valence-corrected chi connectivity index (χ1v) is 14.1. The van der Waals surface area contributed by atoms with Crippen molar-refractivity contribution in [2.24, 2.45) is 17.8 Å². The summed E-state index contributed by atoms with van der Waals surface area (Å²) in [5.74, 6) is 2.91. The lowest BCUT2D eigenvalue weighted by Crippen LogP contribution is -2.44. The maximum absolute atomic E-state index is 11.9. The van der Waals surface area contributed by atoms with Crippen molar-refractivity contribution in [3.63, 3.8) is 0 Å². The number of nitrogens with zero attached hydrogens (tertiary/aromatic N) is 1. The molecule has 168 valence electrons. The number of nitrogens with one attached hydrogen (secondary N) is 1. The molecule has 4 aliphatic rings. The largest absolute Gasteiger partial charge is 0.303 e. The standard InChI is InChI=1S/C25H38N2O2S.H2/c1-30(28,29)26-24-17-25(23-8-3-2-7-22(23)24)11-13-27(14-12-25)18-21-10-9-19-5-4-6-20(15-19)16-21;/h2-3,7-8,19-21,24,26H,4-6,9-18H2,1H3;1H/t19-,20+,21+,24-;/m1./s1. The van der Waals surface area contributed by atoms with Crippen LogP contribution in [0.15, 0.2) is 24.3 Å². The number of hydrogen-bond acceptors (Lipinski definition) is 3. The first kappa shape index (κ1) is 21.0. The van der Waals surface area contributed by atoms with Crippen molar-refractivity contribution in [3.8, 4) is 0 Å². The van der Waals surface area contributed by atoms with E-state index in [-0.39, 0.29) is 12.9 Å². The molecule has 1 N–H and O–H groups in total. The van der Waals surface area contributed by atoms with Gasteiger partial charge in [-0.25, -0.2) is 13.1 Å². The summed E-state index contributed by atoms with van der Waals surface area (Å²) in [7, 11) is -3.21. The van der Waals surface area contributed by atoms with E-state index in [1.807, 2.05) is 6.07 Å². The second-order valence-electron chi connectivity index (χ2n) is 10.9. The first-order chi connectivity index (χ1) is 14.4. The summed E-state index contributed by atoms with van der Waals surface area (Å²) < 4.78 is 26.8. The topological polar surface area (TPSA) is 49.4 Å². The SMILES string of the molecule is CS(=O)(=O)N[C@@H]1CC2(CCN(C[C@H]3CC[C@H]4CCC[C@@H](C4)C3)CC2)c2ccccc21.[HH]. The monoisotopic (exact) mass is 432 g/mol. The van der Waals surface area contributed by atoms with Gasteiger partial charge in [0, 0.05) is 14.0 Å². The summed E-state index contributed by atoms with van der Waals surface area (Å²) >= 11 is 0. The average Bonchev–Trinajstić information content (AvgIpc) is 2.92. The van der Waals surface area contributed by atoms with E-state index in [0.29, 0.717) is 0 Å². The zero-order valence-corrected chi connectivity index (χ0v) is 19.3. The Kier molecular flexibility index (Phi) is 5.74. The number of likely N-dealkylation sites (tertiary alicyclic amines) is 1. The van der Waals surface area contributed by atoms with Gasteiger partial charge in [-0.15, -0.1) is 0 Å². The zero-order valence-electron chi connectivity index (χ0n) is 18.5. The highest BCUT2D eigenvalue weighted by Crippen LogP contribution is 2.51. The van der Waals surface area contributed by atoms with E-state index in [2.05, 4.69) is 27.8 Å². The molecule has 1 aromatic carbocycles. The van der Waals surface area contributed by atoms with Gasteiger partial charge in [0.05, 0.1) is 6.26 Å². The Labute approximate surface area is 184 Å². The van der Waals surface area contributed by atoms with Crippen LogP contribution in [0.3, 0.4) is 0 Å². The Bertz CT molecular complexity index is 866. The van der Waals surface area contributed by atoms with Crippen molar-refractivity contribution in [3.05, 3.63) is 35.4 Å². The highest BCUT2D eigenvalue weighted by atomic mass is 32.2. The van der Waals surface area contributed by atoms with Crippen LogP contribution in [0.1, 0.15) is 82.8 Å². The van der Waals surface area contributed by atoms with E-state index in [0.717, 1.165) is 50.1 Å². The lowest BCUT2D eigenvalue weighted by Gasteiger charge is -2.41. The molecule has 0 amide bonds. The molecule has 1 aromatic rings. The molecule has 2 saturated carbocycles. The minimum atomic E-state index is -3.21. The normalized spacial score (nSPS) is 33.9. The Morgan fingerprint density at radius 1 is 1.07 bits per heavy atom. The smallest absolute Gasteiger partial charge is 0.209 e. The van der Waals surface area contributed by atoms with E-state index >= 15 is 0 Å². The van der Waals surface area contributed by atoms with Gasteiger partial charge >= 0.3 is 0 Å². The number of benzene rings is 1. The van der Waals surface area contributed by atoms with Crippen LogP contribution in [0.25, 0.3) is 0 Å². The van der Waals surface area contributed by atoms with Crippen molar-refractivity contribution in [1.82, 2.24) is 9.62 Å². The lowest BCUT2D eigenvalue weighted by atomic mass is 9.73. The summed E-state index contributed by atoms with van der Waals surface area (Å²) in [6, 6.07) is 8.48. The van der Waals surface area contributed by atoms with Crippen molar-refractivity contribution in [1.29, 1.82) is 0 Å². The first-order valence-electron chi connectivity index (χ1n) is 12.2. The van der Waals surface area contributed by atoms with Gasteiger partial charge in [-0.2, -0.15) is 0 Å². The Morgan fingerprint density at radius 3 is 2.63 bits per heavy atom. The molecule has 5 heteroatoms. The van der Waals surface area contributed by atoms with E-state index in [4.69, 9.17) is 0 Å². The summed E-state index contributed by atoms with van der Waals surface area (Å²) in [5, 5.41) is 0. The molecular weight excluding hydrogens is 392 g/mol. The zero-order chi connectivity index (χ0) is 20.8. The summed E-state index contributed by atoms with van der Waals surface area (Å²) in [6.45, 7) is 3.60. The number of fused-ring (bicyclic) bond motifs is 4. The molecule has 1 spiro atoms. The van der Waals surface area contributed by atoms with Crippen LogP contribution in [0.4, 0.5) is 0 Å². The molecule has 30 heavy (non-hydrogen) atoms. The van der Waals surface area contributed by atoms with Crippen LogP contribution in [0.2, 0.25) is 0 Å². The predicted octanol–water partition coefficient (Wildman–Crippen LogP) is 4.87. The van der Waals surface area contributed by atoms with E-state index in [1.165, 1.54) is 68.9 Å². The van der Waals surface area contributed by atoms with E-state index in [1.54, 1.807) is 0 Å². The maximum atomic E-state index is 11.9. The molecule has 4 nitrogen and oxygen atoms in total. The Hall–Kier alpha value is -0.910.